The van der Waals surface area contributed by atoms with Gasteiger partial charge in [0.1, 0.15) is 11.6 Å². The molecule has 1 N–H and O–H groups in total. The van der Waals surface area contributed by atoms with Gasteiger partial charge in [0.05, 0.1) is 11.6 Å². The second-order valence-electron chi connectivity index (χ2n) is 2.85. The van der Waals surface area contributed by atoms with Gasteiger partial charge >= 0.3 is 0 Å². The van der Waals surface area contributed by atoms with Gasteiger partial charge in [-0.1, -0.05) is 11.6 Å². The third-order valence-corrected chi connectivity index (χ3v) is 2.00. The fourth-order valence-corrected chi connectivity index (χ4v) is 1.21. The fourth-order valence-electron chi connectivity index (χ4n) is 0.988. The summed E-state index contributed by atoms with van der Waals surface area (Å²) < 4.78 is 17.9. The highest BCUT2D eigenvalue weighted by Gasteiger charge is 2.02. The zero-order valence-electron chi connectivity index (χ0n) is 7.67. The van der Waals surface area contributed by atoms with E-state index in [4.69, 9.17) is 21.4 Å². The highest BCUT2D eigenvalue weighted by molar-refractivity contribution is 6.32. The molecule has 0 aliphatic carbocycles. The minimum atomic E-state index is -0.377. The van der Waals surface area contributed by atoms with Gasteiger partial charge in [-0.05, 0) is 31.0 Å². The van der Waals surface area contributed by atoms with Crippen LogP contribution in [0.3, 0.4) is 0 Å². The van der Waals surface area contributed by atoms with Gasteiger partial charge in [0.2, 0.25) is 0 Å². The smallest absolute Gasteiger partial charge is 0.138 e. The molecular formula is C10H12ClFO2. The van der Waals surface area contributed by atoms with Gasteiger partial charge in [-0.3, -0.25) is 0 Å². The number of rotatable bonds is 5. The summed E-state index contributed by atoms with van der Waals surface area (Å²) in [6.45, 7) is 0.631. The van der Waals surface area contributed by atoms with Crippen molar-refractivity contribution in [1.29, 1.82) is 0 Å². The lowest BCUT2D eigenvalue weighted by Gasteiger charge is -2.06. The first kappa shape index (κ1) is 11.3. The van der Waals surface area contributed by atoms with Gasteiger partial charge in [0, 0.05) is 6.61 Å². The second-order valence-corrected chi connectivity index (χ2v) is 3.26. The molecule has 0 heterocycles. The molecule has 0 aliphatic heterocycles. The van der Waals surface area contributed by atoms with Gasteiger partial charge < -0.3 is 9.84 Å². The maximum atomic E-state index is 12.6. The molecule has 14 heavy (non-hydrogen) atoms. The van der Waals surface area contributed by atoms with Crippen LogP contribution in [-0.4, -0.2) is 18.3 Å². The van der Waals surface area contributed by atoms with Gasteiger partial charge in [-0.15, -0.1) is 0 Å². The lowest BCUT2D eigenvalue weighted by atomic mass is 10.3. The summed E-state index contributed by atoms with van der Waals surface area (Å²) in [4.78, 5) is 0. The number of unbranched alkanes of at least 4 members (excludes halogenated alkanes) is 1. The van der Waals surface area contributed by atoms with Gasteiger partial charge in [0.25, 0.3) is 0 Å². The lowest BCUT2D eigenvalue weighted by Crippen LogP contribution is -1.99. The van der Waals surface area contributed by atoms with Crippen LogP contribution in [0.2, 0.25) is 5.02 Å². The Balaban J connectivity index is 2.42. The number of aliphatic hydroxyl groups excluding tert-OH is 1. The molecule has 0 aromatic heterocycles. The molecule has 1 rings (SSSR count). The highest BCUT2D eigenvalue weighted by Crippen LogP contribution is 2.24. The van der Waals surface area contributed by atoms with Gasteiger partial charge in [-0.2, -0.15) is 0 Å². The van der Waals surface area contributed by atoms with Crippen molar-refractivity contribution in [2.24, 2.45) is 0 Å². The van der Waals surface area contributed by atoms with Crippen molar-refractivity contribution in [3.05, 3.63) is 29.0 Å². The van der Waals surface area contributed by atoms with E-state index in [-0.39, 0.29) is 17.4 Å². The van der Waals surface area contributed by atoms with Crippen LogP contribution in [0.4, 0.5) is 4.39 Å². The molecule has 1 aromatic rings. The molecule has 1 aromatic carbocycles. The van der Waals surface area contributed by atoms with Crippen LogP contribution < -0.4 is 4.74 Å². The molecule has 0 aliphatic rings. The molecule has 0 spiro atoms. The van der Waals surface area contributed by atoms with E-state index in [9.17, 15) is 4.39 Å². The number of benzene rings is 1. The Morgan fingerprint density at radius 1 is 1.36 bits per heavy atom. The zero-order chi connectivity index (χ0) is 10.4. The van der Waals surface area contributed by atoms with Crippen molar-refractivity contribution in [1.82, 2.24) is 0 Å². The summed E-state index contributed by atoms with van der Waals surface area (Å²) in [6, 6.07) is 4.01. The van der Waals surface area contributed by atoms with Crippen LogP contribution in [0, 0.1) is 5.82 Å². The first-order valence-electron chi connectivity index (χ1n) is 4.43. The molecule has 0 amide bonds. The molecule has 0 saturated heterocycles. The van der Waals surface area contributed by atoms with Crippen LogP contribution in [-0.2, 0) is 0 Å². The van der Waals surface area contributed by atoms with E-state index in [0.29, 0.717) is 18.8 Å². The summed E-state index contributed by atoms with van der Waals surface area (Å²) >= 11 is 5.73. The van der Waals surface area contributed by atoms with Crippen molar-refractivity contribution in [2.45, 2.75) is 12.8 Å². The minimum absolute atomic E-state index is 0.153. The van der Waals surface area contributed by atoms with Gasteiger partial charge in [-0.25, -0.2) is 4.39 Å². The molecule has 0 unspecified atom stereocenters. The van der Waals surface area contributed by atoms with E-state index in [2.05, 4.69) is 0 Å². The maximum absolute atomic E-state index is 12.6. The molecule has 4 heteroatoms. The van der Waals surface area contributed by atoms with Gasteiger partial charge in [0.15, 0.2) is 0 Å². The normalized spacial score (nSPS) is 10.2. The Labute approximate surface area is 87.3 Å². The summed E-state index contributed by atoms with van der Waals surface area (Å²) in [5, 5.41) is 8.80. The van der Waals surface area contributed by atoms with Crippen LogP contribution in [0.15, 0.2) is 18.2 Å². The summed E-state index contributed by atoms with van der Waals surface area (Å²) in [5.41, 5.74) is 0. The largest absolute Gasteiger partial charge is 0.492 e. The Kier molecular flexibility index (Phi) is 4.70. The van der Waals surface area contributed by atoms with E-state index < -0.39 is 0 Å². The van der Waals surface area contributed by atoms with Crippen LogP contribution in [0.5, 0.6) is 5.75 Å². The van der Waals surface area contributed by atoms with Crippen molar-refractivity contribution >= 4 is 11.6 Å². The number of aliphatic hydroxyl groups is 1. The Morgan fingerprint density at radius 2 is 2.14 bits per heavy atom. The average molecular weight is 219 g/mol. The predicted molar refractivity (Wildman–Crippen MR) is 53.2 cm³/mol. The van der Waals surface area contributed by atoms with Crippen molar-refractivity contribution < 1.29 is 14.2 Å². The standard InChI is InChI=1S/C10H12ClFO2/c11-9-7-8(12)3-4-10(9)14-6-2-1-5-13/h3-4,7,13H,1-2,5-6H2. The molecule has 78 valence electrons. The summed E-state index contributed by atoms with van der Waals surface area (Å²) in [6.07, 6.45) is 1.45. The van der Waals surface area contributed by atoms with Crippen LogP contribution in [0.25, 0.3) is 0 Å². The molecule has 0 saturated carbocycles. The van der Waals surface area contributed by atoms with E-state index in [1.165, 1.54) is 18.2 Å². The Bertz CT molecular complexity index is 291. The van der Waals surface area contributed by atoms with Crippen molar-refractivity contribution in [3.63, 3.8) is 0 Å². The summed E-state index contributed by atoms with van der Waals surface area (Å²) in [7, 11) is 0. The monoisotopic (exact) mass is 218 g/mol. The average Bonchev–Trinajstić information content (AvgIpc) is 2.15. The topological polar surface area (TPSA) is 29.5 Å². The number of hydrogen-bond donors (Lipinski definition) is 1. The SMILES string of the molecule is OCCCCOc1ccc(F)cc1Cl. The van der Waals surface area contributed by atoms with E-state index in [1.54, 1.807) is 0 Å². The molecule has 0 radical (unpaired) electrons. The predicted octanol–water partition coefficient (Wildman–Crippen LogP) is 2.63. The van der Waals surface area contributed by atoms with E-state index >= 15 is 0 Å². The highest BCUT2D eigenvalue weighted by atomic mass is 35.5. The van der Waals surface area contributed by atoms with E-state index in [0.717, 1.165) is 6.42 Å². The maximum Gasteiger partial charge on any atom is 0.138 e. The lowest BCUT2D eigenvalue weighted by molar-refractivity contribution is 0.253. The Morgan fingerprint density at radius 3 is 2.79 bits per heavy atom. The second kappa shape index (κ2) is 5.83. The molecule has 2 nitrogen and oxygen atoms in total. The molecule has 0 atom stereocenters. The van der Waals surface area contributed by atoms with Crippen molar-refractivity contribution in [2.75, 3.05) is 13.2 Å². The third-order valence-electron chi connectivity index (χ3n) is 1.70. The Hall–Kier alpha value is -0.800. The fraction of sp³-hybridized carbons (Fsp3) is 0.400. The quantitative estimate of drug-likeness (QED) is 0.770. The van der Waals surface area contributed by atoms with Crippen LogP contribution >= 0.6 is 11.6 Å². The molecule has 0 fully saturated rings. The third kappa shape index (κ3) is 3.52. The number of hydrogen-bond acceptors (Lipinski definition) is 2. The van der Waals surface area contributed by atoms with Crippen LogP contribution in [0.1, 0.15) is 12.8 Å². The van der Waals surface area contributed by atoms with E-state index in [1.807, 2.05) is 0 Å². The molecule has 0 bridgehead atoms. The number of halogens is 2. The first-order chi connectivity index (χ1) is 6.74. The first-order valence-corrected chi connectivity index (χ1v) is 4.80. The zero-order valence-corrected chi connectivity index (χ0v) is 8.43. The van der Waals surface area contributed by atoms with Crippen molar-refractivity contribution in [3.8, 4) is 5.75 Å². The number of ether oxygens (including phenoxy) is 1. The summed E-state index contributed by atoms with van der Waals surface area (Å²) in [5.74, 6) is 0.101. The molecular weight excluding hydrogens is 207 g/mol. The minimum Gasteiger partial charge on any atom is -0.492 e.